The first-order chi connectivity index (χ1) is 29.8. The molecule has 0 unspecified atom stereocenters. The Hall–Kier alpha value is -5.26. The van der Waals surface area contributed by atoms with Crippen LogP contribution < -0.4 is 5.32 Å². The van der Waals surface area contributed by atoms with Crippen LogP contribution in [0.1, 0.15) is 96.6 Å². The third kappa shape index (κ3) is 8.41. The standard InChI is InChI=1S/C48H59NO15/c1-25-30(62-43(58)37(54)35(27-16-12-10-13-17-27)49-41(56)29(20-33(52)60-9)22-44(3,4)5)23-48(59)40(63-42(57)28-18-14-11-15-19-28)38-46(8,39(55)36(53)34(25)45(48,6)7)31(51)21-32-47(38,24-61-32)64-26(2)50/h10-19,22,30-32,35-38,40,51,53-54,59H,20-21,23-24H2,1-9H3,(H,49,56)/b29-22-/t30-,31-,32+,35-,36+,37+,38-,40-,46+,47-,48+/m0/s1. The van der Waals surface area contributed by atoms with Crippen molar-refractivity contribution in [3.8, 4) is 0 Å². The lowest BCUT2D eigenvalue weighted by atomic mass is 9.44. The molecule has 5 N–H and O–H groups in total. The molecule has 1 saturated heterocycles. The van der Waals surface area contributed by atoms with Gasteiger partial charge >= 0.3 is 23.9 Å². The smallest absolute Gasteiger partial charge is 0.338 e. The van der Waals surface area contributed by atoms with Gasteiger partial charge in [0.25, 0.3) is 0 Å². The highest BCUT2D eigenvalue weighted by atomic mass is 16.6. The predicted molar refractivity (Wildman–Crippen MR) is 227 cm³/mol. The molecule has 3 aliphatic carbocycles. The van der Waals surface area contributed by atoms with Gasteiger partial charge in [0.1, 0.15) is 30.0 Å². The highest BCUT2D eigenvalue weighted by molar-refractivity contribution is 5.98. The Kier molecular flexibility index (Phi) is 13.3. The molecule has 16 nitrogen and oxygen atoms in total. The van der Waals surface area contributed by atoms with Crippen LogP contribution in [0.4, 0.5) is 0 Å². The summed E-state index contributed by atoms with van der Waals surface area (Å²) in [6.07, 6.45) is -9.70. The fourth-order valence-corrected chi connectivity index (χ4v) is 10.3. The minimum absolute atomic E-state index is 0.0125. The van der Waals surface area contributed by atoms with Gasteiger partial charge in [0.05, 0.1) is 49.2 Å². The van der Waals surface area contributed by atoms with Crippen molar-refractivity contribution in [2.75, 3.05) is 13.7 Å². The van der Waals surface area contributed by atoms with E-state index in [9.17, 15) is 44.4 Å². The van der Waals surface area contributed by atoms with E-state index in [2.05, 4.69) is 5.32 Å². The number of fused-ring (bicyclic) bond motifs is 5. The summed E-state index contributed by atoms with van der Waals surface area (Å²) in [6.45, 7) is 12.2. The number of esters is 4. The number of Topliss-reactive ketones (excluding diaryl/α,β-unsaturated/α-hetero) is 1. The maximum Gasteiger partial charge on any atom is 0.338 e. The van der Waals surface area contributed by atoms with Gasteiger partial charge in [-0.3, -0.25) is 19.2 Å². The van der Waals surface area contributed by atoms with Crippen molar-refractivity contribution in [1.29, 1.82) is 0 Å². The first-order valence-corrected chi connectivity index (χ1v) is 21.3. The molecule has 1 heterocycles. The molecule has 0 aromatic heterocycles. The van der Waals surface area contributed by atoms with Gasteiger partial charge in [0, 0.05) is 30.8 Å². The van der Waals surface area contributed by atoms with Crippen molar-refractivity contribution in [3.63, 3.8) is 0 Å². The maximum atomic E-state index is 15.1. The van der Waals surface area contributed by atoms with E-state index in [0.29, 0.717) is 0 Å². The maximum absolute atomic E-state index is 15.1. The summed E-state index contributed by atoms with van der Waals surface area (Å²) in [7, 11) is 1.18. The van der Waals surface area contributed by atoms with Crippen LogP contribution in [-0.2, 0) is 47.7 Å². The third-order valence-electron chi connectivity index (χ3n) is 13.6. The second-order valence-corrected chi connectivity index (χ2v) is 19.2. The number of aliphatic hydroxyl groups excluding tert-OH is 3. The number of hydrogen-bond acceptors (Lipinski definition) is 15. The Bertz CT molecular complexity index is 2230. The minimum atomic E-state index is -2.40. The van der Waals surface area contributed by atoms with Crippen LogP contribution in [0, 0.1) is 22.2 Å². The summed E-state index contributed by atoms with van der Waals surface area (Å²) in [4.78, 5) is 82.8. The number of nitrogens with one attached hydrogen (secondary N) is 1. The number of carbonyl (C=O) groups is 6. The topological polar surface area (TPSA) is 242 Å². The summed E-state index contributed by atoms with van der Waals surface area (Å²) >= 11 is 0. The predicted octanol–water partition coefficient (Wildman–Crippen LogP) is 3.39. The lowest BCUT2D eigenvalue weighted by Crippen LogP contribution is -2.81. The van der Waals surface area contributed by atoms with Gasteiger partial charge in [-0.15, -0.1) is 0 Å². The summed E-state index contributed by atoms with van der Waals surface area (Å²) in [6, 6.07) is 14.4. The van der Waals surface area contributed by atoms with Crippen molar-refractivity contribution in [2.24, 2.45) is 22.2 Å². The quantitative estimate of drug-likeness (QED) is 0.0941. The average Bonchev–Trinajstić information content (AvgIpc) is 3.23. The molecule has 1 aliphatic heterocycles. The summed E-state index contributed by atoms with van der Waals surface area (Å²) in [5, 5.41) is 52.3. The molecular formula is C48H59NO15. The molecule has 2 aromatic carbocycles. The molecule has 2 aromatic rings. The molecule has 11 atom stereocenters. The second-order valence-electron chi connectivity index (χ2n) is 19.2. The van der Waals surface area contributed by atoms with E-state index in [-0.39, 0.29) is 40.9 Å². The molecular weight excluding hydrogens is 831 g/mol. The molecule has 2 saturated carbocycles. The number of carbonyl (C=O) groups excluding carboxylic acids is 6. The van der Waals surface area contributed by atoms with Gasteiger partial charge in [-0.05, 0) is 48.1 Å². The lowest BCUT2D eigenvalue weighted by Gasteiger charge is -2.67. The second kappa shape index (κ2) is 17.6. The molecule has 346 valence electrons. The molecule has 0 spiro atoms. The van der Waals surface area contributed by atoms with Crippen LogP contribution in [-0.4, -0.2) is 118 Å². The normalized spacial score (nSPS) is 31.9. The number of rotatable bonds is 11. The van der Waals surface area contributed by atoms with Crippen LogP contribution in [0.2, 0.25) is 0 Å². The number of hydrogen-bond donors (Lipinski definition) is 5. The zero-order chi connectivity index (χ0) is 47.3. The summed E-state index contributed by atoms with van der Waals surface area (Å²) in [5.74, 6) is -6.97. The fourth-order valence-electron chi connectivity index (χ4n) is 10.3. The van der Waals surface area contributed by atoms with Crippen molar-refractivity contribution in [1.82, 2.24) is 5.32 Å². The van der Waals surface area contributed by atoms with Crippen LogP contribution in [0.25, 0.3) is 0 Å². The van der Waals surface area contributed by atoms with E-state index in [4.69, 9.17) is 23.7 Å². The van der Waals surface area contributed by atoms with Crippen LogP contribution >= 0.6 is 0 Å². The molecule has 1 amide bonds. The zero-order valence-corrected chi connectivity index (χ0v) is 37.6. The Morgan fingerprint density at radius 2 is 1.58 bits per heavy atom. The van der Waals surface area contributed by atoms with Crippen LogP contribution in [0.15, 0.2) is 83.5 Å². The van der Waals surface area contributed by atoms with E-state index in [1.807, 2.05) is 20.8 Å². The van der Waals surface area contributed by atoms with E-state index < -0.39 is 124 Å². The Balaban J connectivity index is 1.47. The summed E-state index contributed by atoms with van der Waals surface area (Å²) in [5.41, 5.74) is -8.04. The van der Waals surface area contributed by atoms with Gasteiger partial charge in [-0.25, -0.2) is 9.59 Å². The van der Waals surface area contributed by atoms with Crippen molar-refractivity contribution in [2.45, 2.75) is 129 Å². The number of allylic oxidation sites excluding steroid dienone is 1. The van der Waals surface area contributed by atoms with Gasteiger partial charge in [-0.2, -0.15) is 0 Å². The fraction of sp³-hybridized carbons (Fsp3) is 0.542. The van der Waals surface area contributed by atoms with Gasteiger partial charge < -0.3 is 49.4 Å². The Morgan fingerprint density at radius 3 is 2.12 bits per heavy atom. The number of ether oxygens (including phenoxy) is 5. The Morgan fingerprint density at radius 1 is 0.969 bits per heavy atom. The molecule has 3 fully saturated rings. The number of methoxy groups -OCH3 is 1. The molecule has 16 heteroatoms. The molecule has 2 bridgehead atoms. The van der Waals surface area contributed by atoms with Crippen LogP contribution in [0.5, 0.6) is 0 Å². The summed E-state index contributed by atoms with van der Waals surface area (Å²) < 4.78 is 29.1. The molecule has 64 heavy (non-hydrogen) atoms. The van der Waals surface area contributed by atoms with Crippen molar-refractivity contribution >= 4 is 35.6 Å². The molecule has 4 aliphatic rings. The van der Waals surface area contributed by atoms with E-state index >= 15 is 4.79 Å². The largest absolute Gasteiger partial charge is 0.469 e. The van der Waals surface area contributed by atoms with Crippen LogP contribution in [0.3, 0.4) is 0 Å². The van der Waals surface area contributed by atoms with E-state index in [1.54, 1.807) is 54.6 Å². The first kappa shape index (κ1) is 48.2. The first-order valence-electron chi connectivity index (χ1n) is 21.3. The molecule has 6 rings (SSSR count). The SMILES string of the molecule is COC(=O)C/C(=C/C(C)(C)C)C(=O)N[C@@H](c1ccccc1)[C@@H](O)C(=O)O[C@H]1C[C@@]2(O)[C@@H](OC(=O)c3ccccc3)[C@@H]3[C@]4(OC(C)=O)CO[C@@H]4C[C@H](O)[C@@]3(C)C(=O)[C@H](O)C(=C1C)C2(C)C. The highest BCUT2D eigenvalue weighted by Gasteiger charge is 2.78. The van der Waals surface area contributed by atoms with E-state index in [1.165, 1.54) is 46.9 Å². The van der Waals surface area contributed by atoms with Gasteiger partial charge in [0.2, 0.25) is 5.91 Å². The monoisotopic (exact) mass is 889 g/mol. The van der Waals surface area contributed by atoms with Gasteiger partial charge in [-0.1, -0.05) is 89.2 Å². The number of amides is 1. The van der Waals surface area contributed by atoms with E-state index in [0.717, 1.165) is 6.92 Å². The Labute approximate surface area is 371 Å². The van der Waals surface area contributed by atoms with Crippen molar-refractivity contribution in [3.05, 3.63) is 94.6 Å². The highest BCUT2D eigenvalue weighted by Crippen LogP contribution is 2.64. The molecule has 0 radical (unpaired) electrons. The minimum Gasteiger partial charge on any atom is -0.469 e. The van der Waals surface area contributed by atoms with Gasteiger partial charge in [0.15, 0.2) is 17.5 Å². The van der Waals surface area contributed by atoms with Crippen molar-refractivity contribution < 1.29 is 72.9 Å². The number of aliphatic hydroxyl groups is 4. The zero-order valence-electron chi connectivity index (χ0n) is 37.6. The average molecular weight is 890 g/mol. The number of benzene rings is 2. The third-order valence-corrected chi connectivity index (χ3v) is 13.6. The lowest BCUT2D eigenvalue weighted by molar-refractivity contribution is -0.346. The number of ketones is 1.